The van der Waals surface area contributed by atoms with E-state index in [1.807, 2.05) is 52.4 Å². The number of carbonyl (C=O) groups is 2. The van der Waals surface area contributed by atoms with E-state index in [0.717, 1.165) is 35.8 Å². The maximum Gasteiger partial charge on any atom is 0.233 e. The molecule has 45 heavy (non-hydrogen) atoms. The van der Waals surface area contributed by atoms with Crippen LogP contribution in [0.25, 0.3) is 0 Å². The van der Waals surface area contributed by atoms with Gasteiger partial charge in [0.2, 0.25) is 11.8 Å². The summed E-state index contributed by atoms with van der Waals surface area (Å²) in [6.45, 7) is 29.3. The van der Waals surface area contributed by atoms with Crippen molar-refractivity contribution in [3.8, 4) is 0 Å². The number of carbonyl (C=O) groups excluding carboxylic acids is 2. The number of hydrogen-bond donors (Lipinski definition) is 0. The van der Waals surface area contributed by atoms with Gasteiger partial charge in [-0.2, -0.15) is 13.5 Å². The predicted molar refractivity (Wildman–Crippen MR) is 186 cm³/mol. The predicted octanol–water partition coefficient (Wildman–Crippen LogP) is 7.56. The maximum atomic E-state index is 12.1. The summed E-state index contributed by atoms with van der Waals surface area (Å²) in [5.41, 5.74) is 3.23. The van der Waals surface area contributed by atoms with Crippen molar-refractivity contribution in [2.45, 2.75) is 153 Å². The third-order valence-electron chi connectivity index (χ3n) is 9.47. The minimum atomic E-state index is -0.395. The van der Waals surface area contributed by atoms with E-state index in [2.05, 4.69) is 80.7 Å². The number of rotatable bonds is 4. The Hall–Kier alpha value is -2.23. The lowest BCUT2D eigenvalue weighted by Gasteiger charge is -2.32. The lowest BCUT2D eigenvalue weighted by molar-refractivity contribution is -0.145. The molecule has 0 radical (unpaired) electrons. The van der Waals surface area contributed by atoms with Crippen molar-refractivity contribution in [2.75, 3.05) is 0 Å². The fourth-order valence-corrected chi connectivity index (χ4v) is 6.92. The highest BCUT2D eigenvalue weighted by Crippen LogP contribution is 2.56. The van der Waals surface area contributed by atoms with Gasteiger partial charge in [0.25, 0.3) is 0 Å². The summed E-state index contributed by atoms with van der Waals surface area (Å²) in [6.07, 6.45) is 7.38. The van der Waals surface area contributed by atoms with Crippen LogP contribution in [0.5, 0.6) is 0 Å². The second-order valence-corrected chi connectivity index (χ2v) is 16.5. The van der Waals surface area contributed by atoms with Crippen molar-refractivity contribution in [2.24, 2.45) is 35.0 Å². The van der Waals surface area contributed by atoms with Crippen LogP contribution >= 0.6 is 13.5 Å². The van der Waals surface area contributed by atoms with Gasteiger partial charge in [0.1, 0.15) is 0 Å². The minimum Gasteiger partial charge on any atom is -0.277 e. The molecule has 10 heteroatoms. The molecular formula is C35H63N7O2S. The van der Waals surface area contributed by atoms with Crippen LogP contribution in [0.1, 0.15) is 151 Å². The summed E-state index contributed by atoms with van der Waals surface area (Å²) in [7, 11) is 0. The van der Waals surface area contributed by atoms with Crippen LogP contribution in [-0.2, 0) is 22.4 Å². The van der Waals surface area contributed by atoms with E-state index in [1.54, 1.807) is 0 Å². The molecule has 2 amide bonds. The van der Waals surface area contributed by atoms with E-state index in [-0.39, 0.29) is 36.6 Å². The standard InChI is InChI=1S/C15H25N3.C12H21NO2.C8H15N3.H2S/c1-9(2)15-11-5-7-13-14(8-6-12(11)15)18(10(3)4)17-16-13;1-11(2,3)8-7-9(14)13(10(8)15)12(4,5)6;1-6(2)8-5-11(7(3)4)10-9-8;/h9-12,15H,5-8H2,1-4H3;8H,7H2,1-6H3;5-7H,1-4H3;1H2. The van der Waals surface area contributed by atoms with Gasteiger partial charge in [-0.3, -0.25) is 14.5 Å². The summed E-state index contributed by atoms with van der Waals surface area (Å²) >= 11 is 0. The minimum absolute atomic E-state index is 0. The lowest BCUT2D eigenvalue weighted by Crippen LogP contribution is -2.46. The molecule has 0 bridgehead atoms. The zero-order chi connectivity index (χ0) is 33.3. The van der Waals surface area contributed by atoms with Crippen LogP contribution in [0.2, 0.25) is 0 Å². The van der Waals surface area contributed by atoms with E-state index in [1.165, 1.54) is 35.6 Å². The maximum absolute atomic E-state index is 12.1. The average Bonchev–Trinajstić information content (AvgIpc) is 3.23. The fourth-order valence-electron chi connectivity index (χ4n) is 6.92. The third kappa shape index (κ3) is 9.41. The van der Waals surface area contributed by atoms with E-state index in [4.69, 9.17) is 0 Å². The second kappa shape index (κ2) is 15.1. The van der Waals surface area contributed by atoms with Crippen LogP contribution in [0.15, 0.2) is 6.20 Å². The highest BCUT2D eigenvalue weighted by molar-refractivity contribution is 7.59. The number of aryl methyl sites for hydroxylation is 1. The molecule has 2 aromatic rings. The largest absolute Gasteiger partial charge is 0.277 e. The summed E-state index contributed by atoms with van der Waals surface area (Å²) < 4.78 is 4.03. The number of amides is 2. The smallest absolute Gasteiger partial charge is 0.233 e. The molecule has 2 fully saturated rings. The molecule has 5 rings (SSSR count). The number of hydrogen-bond acceptors (Lipinski definition) is 6. The Morgan fingerprint density at radius 2 is 1.38 bits per heavy atom. The van der Waals surface area contributed by atoms with Crippen molar-refractivity contribution in [3.05, 3.63) is 23.3 Å². The summed E-state index contributed by atoms with van der Waals surface area (Å²) in [4.78, 5) is 25.3. The molecule has 4 unspecified atom stereocenters. The number of imide groups is 1. The normalized spacial score (nSPS) is 23.1. The Kier molecular flexibility index (Phi) is 13.1. The molecule has 3 heterocycles. The van der Waals surface area contributed by atoms with Gasteiger partial charge in [-0.15, -0.1) is 10.2 Å². The molecule has 2 aliphatic carbocycles. The molecule has 3 aliphatic rings. The number of nitrogens with zero attached hydrogens (tertiary/aromatic N) is 7. The van der Waals surface area contributed by atoms with Gasteiger partial charge in [0.15, 0.2) is 0 Å². The van der Waals surface area contributed by atoms with E-state index in [9.17, 15) is 9.59 Å². The van der Waals surface area contributed by atoms with Crippen LogP contribution in [0, 0.1) is 35.0 Å². The first-order chi connectivity index (χ1) is 20.2. The van der Waals surface area contributed by atoms with Gasteiger partial charge in [-0.05, 0) is 109 Å². The van der Waals surface area contributed by atoms with Gasteiger partial charge in [0, 0.05) is 30.2 Å². The van der Waals surface area contributed by atoms with Gasteiger partial charge < -0.3 is 0 Å². The Bertz CT molecular complexity index is 1240. The van der Waals surface area contributed by atoms with Crippen molar-refractivity contribution in [1.29, 1.82) is 0 Å². The summed E-state index contributed by atoms with van der Waals surface area (Å²) in [6, 6.07) is 0.853. The summed E-state index contributed by atoms with van der Waals surface area (Å²) in [5, 5.41) is 16.8. The Balaban J connectivity index is 0.000000240. The first-order valence-electron chi connectivity index (χ1n) is 17.0. The number of likely N-dealkylation sites (tertiary alicyclic amines) is 1. The fraction of sp³-hybridized carbons (Fsp3) is 0.829. The molecular weight excluding hydrogens is 582 g/mol. The lowest BCUT2D eigenvalue weighted by atomic mass is 9.80. The molecule has 9 nitrogen and oxygen atoms in total. The Morgan fingerprint density at radius 3 is 1.76 bits per heavy atom. The van der Waals surface area contributed by atoms with Crippen LogP contribution in [0.4, 0.5) is 0 Å². The number of aromatic nitrogens is 6. The van der Waals surface area contributed by atoms with E-state index in [0.29, 0.717) is 24.4 Å². The topological polar surface area (TPSA) is 98.8 Å². The molecule has 256 valence electrons. The average molecular weight is 646 g/mol. The molecule has 0 spiro atoms. The van der Waals surface area contributed by atoms with Crippen LogP contribution in [-0.4, -0.2) is 52.2 Å². The van der Waals surface area contributed by atoms with Crippen LogP contribution < -0.4 is 0 Å². The molecule has 1 saturated heterocycles. The van der Waals surface area contributed by atoms with Gasteiger partial charge in [-0.1, -0.05) is 58.9 Å². The molecule has 1 saturated carbocycles. The SMILES string of the molecule is CC(C)(C)C1CC(=O)N(C(C)(C)C)C1=O.CC(C)C1C2CCc3nnn(C(C)C)c3CCC21.CC(C)c1cn(C(C)C)nn1.S. The molecule has 2 aromatic heterocycles. The van der Waals surface area contributed by atoms with Crippen molar-refractivity contribution >= 4 is 25.3 Å². The van der Waals surface area contributed by atoms with Crippen molar-refractivity contribution < 1.29 is 9.59 Å². The number of fused-ring (bicyclic) bond motifs is 2. The zero-order valence-electron chi connectivity index (χ0n) is 30.7. The monoisotopic (exact) mass is 645 g/mol. The molecule has 0 N–H and O–H groups in total. The molecule has 1 aliphatic heterocycles. The van der Waals surface area contributed by atoms with E-state index < -0.39 is 5.54 Å². The summed E-state index contributed by atoms with van der Waals surface area (Å²) in [5.74, 6) is 4.06. The Morgan fingerprint density at radius 1 is 0.800 bits per heavy atom. The van der Waals surface area contributed by atoms with E-state index >= 15 is 0 Å². The molecule has 4 atom stereocenters. The highest BCUT2D eigenvalue weighted by atomic mass is 32.1. The first kappa shape index (κ1) is 39.0. The Labute approximate surface area is 280 Å². The van der Waals surface area contributed by atoms with Gasteiger partial charge in [0.05, 0.1) is 23.0 Å². The first-order valence-corrected chi connectivity index (χ1v) is 17.0. The zero-order valence-corrected chi connectivity index (χ0v) is 31.7. The van der Waals surface area contributed by atoms with Crippen molar-refractivity contribution in [3.63, 3.8) is 0 Å². The second-order valence-electron chi connectivity index (χ2n) is 16.5. The third-order valence-corrected chi connectivity index (χ3v) is 9.47. The highest BCUT2D eigenvalue weighted by Gasteiger charge is 2.51. The quantitative estimate of drug-likeness (QED) is 0.318. The van der Waals surface area contributed by atoms with Crippen LogP contribution in [0.3, 0.4) is 0 Å². The van der Waals surface area contributed by atoms with Crippen molar-refractivity contribution in [1.82, 2.24) is 34.9 Å². The van der Waals surface area contributed by atoms with Gasteiger partial charge in [-0.25, -0.2) is 9.36 Å². The van der Waals surface area contributed by atoms with Gasteiger partial charge >= 0.3 is 0 Å². The molecule has 0 aromatic carbocycles.